The van der Waals surface area contributed by atoms with Crippen molar-refractivity contribution >= 4 is 5.97 Å². The lowest BCUT2D eigenvalue weighted by Crippen LogP contribution is -2.22. The van der Waals surface area contributed by atoms with Crippen LogP contribution >= 0.6 is 0 Å². The maximum absolute atomic E-state index is 10.4. The van der Waals surface area contributed by atoms with E-state index >= 15 is 0 Å². The number of carbonyl (C=O) groups is 1. The Morgan fingerprint density at radius 2 is 2.09 bits per heavy atom. The first-order valence-electron chi connectivity index (χ1n) is 3.81. The maximum atomic E-state index is 10.4. The summed E-state index contributed by atoms with van der Waals surface area (Å²) in [7, 11) is 0. The van der Waals surface area contributed by atoms with Crippen molar-refractivity contribution in [3.05, 3.63) is 0 Å². The predicted octanol–water partition coefficient (Wildman–Crippen LogP) is 1.27. The second kappa shape index (κ2) is 2.48. The summed E-state index contributed by atoms with van der Waals surface area (Å²) in [6.45, 7) is 5.80. The molecule has 0 unspecified atom stereocenters. The van der Waals surface area contributed by atoms with Crippen molar-refractivity contribution in [3.8, 4) is 0 Å². The number of ether oxygens (including phenoxy) is 1. The van der Waals surface area contributed by atoms with Gasteiger partial charge in [0, 0.05) is 0 Å². The van der Waals surface area contributed by atoms with Crippen LogP contribution in [0.5, 0.6) is 0 Å². The van der Waals surface area contributed by atoms with Crippen LogP contribution in [0.15, 0.2) is 0 Å². The van der Waals surface area contributed by atoms with Crippen LogP contribution in [-0.4, -0.2) is 22.8 Å². The fourth-order valence-corrected chi connectivity index (χ4v) is 1.02. The van der Waals surface area contributed by atoms with Gasteiger partial charge in [0.2, 0.25) is 0 Å². The van der Waals surface area contributed by atoms with Crippen LogP contribution in [0.25, 0.3) is 0 Å². The first kappa shape index (κ1) is 8.53. The Kier molecular flexibility index (Phi) is 1.92. The summed E-state index contributed by atoms with van der Waals surface area (Å²) in [5.41, 5.74) is -0.213. The van der Waals surface area contributed by atoms with E-state index in [1.165, 1.54) is 0 Å². The van der Waals surface area contributed by atoms with Gasteiger partial charge >= 0.3 is 5.97 Å². The minimum absolute atomic E-state index is 0.0486. The van der Waals surface area contributed by atoms with Gasteiger partial charge in [0.15, 0.2) is 0 Å². The molecular weight excluding hydrogens is 144 g/mol. The Morgan fingerprint density at radius 3 is 2.36 bits per heavy atom. The average molecular weight is 158 g/mol. The van der Waals surface area contributed by atoms with Gasteiger partial charge in [0.1, 0.15) is 0 Å². The molecule has 1 aliphatic carbocycles. The summed E-state index contributed by atoms with van der Waals surface area (Å²) in [6.07, 6.45) is 0.625. The smallest absolute Gasteiger partial charge is 0.309 e. The highest BCUT2D eigenvalue weighted by atomic mass is 16.5. The molecule has 1 N–H and O–H groups in total. The molecule has 64 valence electrons. The molecule has 1 aliphatic rings. The highest BCUT2D eigenvalue weighted by Gasteiger charge is 2.46. The number of carboxylic acid groups (broad SMARTS) is 1. The molecule has 0 aromatic rings. The van der Waals surface area contributed by atoms with Crippen LogP contribution in [0.4, 0.5) is 0 Å². The SMILES string of the molecule is CC(C)(C)O[C@@H]1C[C@H]1C(=O)O. The Bertz CT molecular complexity index is 169. The van der Waals surface area contributed by atoms with E-state index in [4.69, 9.17) is 9.84 Å². The van der Waals surface area contributed by atoms with Gasteiger partial charge in [-0.05, 0) is 27.2 Å². The van der Waals surface area contributed by atoms with Crippen molar-refractivity contribution in [1.82, 2.24) is 0 Å². The minimum Gasteiger partial charge on any atom is -0.481 e. The molecule has 1 rings (SSSR count). The third kappa shape index (κ3) is 2.50. The van der Waals surface area contributed by atoms with Gasteiger partial charge in [0.05, 0.1) is 17.6 Å². The molecule has 0 bridgehead atoms. The summed E-state index contributed by atoms with van der Waals surface area (Å²) in [4.78, 5) is 10.4. The molecule has 11 heavy (non-hydrogen) atoms. The van der Waals surface area contributed by atoms with E-state index in [1.54, 1.807) is 0 Å². The van der Waals surface area contributed by atoms with Crippen LogP contribution in [0.1, 0.15) is 27.2 Å². The quantitative estimate of drug-likeness (QED) is 0.658. The van der Waals surface area contributed by atoms with Crippen LogP contribution < -0.4 is 0 Å². The highest BCUT2D eigenvalue weighted by molar-refractivity contribution is 5.74. The first-order valence-corrected chi connectivity index (χ1v) is 3.81. The molecule has 1 fully saturated rings. The lowest BCUT2D eigenvalue weighted by Gasteiger charge is -2.19. The van der Waals surface area contributed by atoms with Gasteiger partial charge in [0.25, 0.3) is 0 Å². The van der Waals surface area contributed by atoms with Crippen LogP contribution in [0, 0.1) is 5.92 Å². The van der Waals surface area contributed by atoms with E-state index in [9.17, 15) is 4.79 Å². The third-order valence-corrected chi connectivity index (χ3v) is 1.55. The van der Waals surface area contributed by atoms with Gasteiger partial charge in [-0.3, -0.25) is 4.79 Å². The normalized spacial score (nSPS) is 30.1. The number of carboxylic acids is 1. The van der Waals surface area contributed by atoms with Gasteiger partial charge in [-0.2, -0.15) is 0 Å². The molecule has 3 nitrogen and oxygen atoms in total. The molecule has 0 aliphatic heterocycles. The molecule has 0 saturated heterocycles. The van der Waals surface area contributed by atoms with Gasteiger partial charge in [-0.15, -0.1) is 0 Å². The minimum atomic E-state index is -0.737. The third-order valence-electron chi connectivity index (χ3n) is 1.55. The van der Waals surface area contributed by atoms with E-state index in [2.05, 4.69) is 0 Å². The van der Waals surface area contributed by atoms with Crippen LogP contribution in [0.2, 0.25) is 0 Å². The summed E-state index contributed by atoms with van der Waals surface area (Å²) in [5.74, 6) is -0.992. The maximum Gasteiger partial charge on any atom is 0.309 e. The van der Waals surface area contributed by atoms with Gasteiger partial charge in [-0.1, -0.05) is 0 Å². The summed E-state index contributed by atoms with van der Waals surface area (Å²) in [6, 6.07) is 0. The number of rotatable bonds is 2. The van der Waals surface area contributed by atoms with E-state index in [-0.39, 0.29) is 17.6 Å². The van der Waals surface area contributed by atoms with E-state index in [0.717, 1.165) is 0 Å². The van der Waals surface area contributed by atoms with Crippen molar-refractivity contribution in [3.63, 3.8) is 0 Å². The molecule has 1 saturated carbocycles. The second-order valence-electron chi connectivity index (χ2n) is 3.95. The fourth-order valence-electron chi connectivity index (χ4n) is 1.02. The Morgan fingerprint density at radius 1 is 1.55 bits per heavy atom. The monoisotopic (exact) mass is 158 g/mol. The Labute approximate surface area is 66.4 Å². The summed E-state index contributed by atoms with van der Waals surface area (Å²) in [5, 5.41) is 8.54. The van der Waals surface area contributed by atoms with Crippen molar-refractivity contribution in [2.45, 2.75) is 38.9 Å². The van der Waals surface area contributed by atoms with E-state index < -0.39 is 5.97 Å². The van der Waals surface area contributed by atoms with Gasteiger partial charge < -0.3 is 9.84 Å². The fraction of sp³-hybridized carbons (Fsp3) is 0.875. The number of hydrogen-bond donors (Lipinski definition) is 1. The zero-order chi connectivity index (χ0) is 8.65. The summed E-state index contributed by atoms with van der Waals surface area (Å²) >= 11 is 0. The molecule has 0 spiro atoms. The van der Waals surface area contributed by atoms with Crippen LogP contribution in [0.3, 0.4) is 0 Å². The van der Waals surface area contributed by atoms with Gasteiger partial charge in [-0.25, -0.2) is 0 Å². The largest absolute Gasteiger partial charge is 0.481 e. The lowest BCUT2D eigenvalue weighted by atomic mass is 10.2. The average Bonchev–Trinajstić information content (AvgIpc) is 2.40. The zero-order valence-electron chi connectivity index (χ0n) is 7.13. The number of hydrogen-bond acceptors (Lipinski definition) is 2. The zero-order valence-corrected chi connectivity index (χ0v) is 7.13. The molecule has 0 aromatic heterocycles. The Balaban J connectivity index is 2.29. The van der Waals surface area contributed by atoms with Crippen molar-refractivity contribution in [2.24, 2.45) is 5.92 Å². The predicted molar refractivity (Wildman–Crippen MR) is 40.4 cm³/mol. The Hall–Kier alpha value is -0.570. The lowest BCUT2D eigenvalue weighted by molar-refractivity contribution is -0.140. The highest BCUT2D eigenvalue weighted by Crippen LogP contribution is 2.36. The molecule has 0 aromatic carbocycles. The molecule has 0 heterocycles. The van der Waals surface area contributed by atoms with E-state index in [0.29, 0.717) is 6.42 Å². The molecular formula is C8H14O3. The summed E-state index contributed by atoms with van der Waals surface area (Å²) < 4.78 is 5.44. The van der Waals surface area contributed by atoms with Crippen molar-refractivity contribution in [1.29, 1.82) is 0 Å². The number of aliphatic carboxylic acids is 1. The first-order chi connectivity index (χ1) is 4.90. The molecule has 0 amide bonds. The van der Waals surface area contributed by atoms with E-state index in [1.807, 2.05) is 20.8 Å². The standard InChI is InChI=1S/C8H14O3/c1-8(2,3)11-6-4-5(6)7(9)10/h5-6H,4H2,1-3H3,(H,9,10)/t5-,6-/m1/s1. The molecule has 2 atom stereocenters. The van der Waals surface area contributed by atoms with Crippen molar-refractivity contribution < 1.29 is 14.6 Å². The van der Waals surface area contributed by atoms with Crippen molar-refractivity contribution in [2.75, 3.05) is 0 Å². The second-order valence-corrected chi connectivity index (χ2v) is 3.95. The molecule has 0 radical (unpaired) electrons. The van der Waals surface area contributed by atoms with Crippen LogP contribution in [-0.2, 0) is 9.53 Å². The molecule has 3 heteroatoms. The topological polar surface area (TPSA) is 46.5 Å².